The summed E-state index contributed by atoms with van der Waals surface area (Å²) < 4.78 is 23.5. The lowest BCUT2D eigenvalue weighted by atomic mass is 10.0. The number of ether oxygens (including phenoxy) is 4. The molecule has 0 fully saturated rings. The average molecular weight is 711 g/mol. The Bertz CT molecular complexity index is 1630. The number of hydrogen-bond donors (Lipinski definition) is 8. The molecule has 0 unspecified atom stereocenters. The van der Waals surface area contributed by atoms with E-state index in [2.05, 4.69) is 20.9 Å². The van der Waals surface area contributed by atoms with Crippen LogP contribution in [0.25, 0.3) is 22.2 Å². The molecule has 0 saturated carbocycles. The van der Waals surface area contributed by atoms with Crippen LogP contribution in [0.5, 0.6) is 23.0 Å². The quantitative estimate of drug-likeness (QED) is 0.0285. The van der Waals surface area contributed by atoms with Crippen molar-refractivity contribution in [1.29, 1.82) is 11.1 Å². The van der Waals surface area contributed by atoms with E-state index in [-0.39, 0.29) is 0 Å². The molecule has 12 N–H and O–H groups in total. The molecule has 0 saturated heterocycles. The van der Waals surface area contributed by atoms with Gasteiger partial charge in [0.15, 0.2) is 0 Å². The fraction of sp³-hybridized carbons (Fsp3) is 0.316. The van der Waals surface area contributed by atoms with Crippen LogP contribution < -0.4 is 52.5 Å². The van der Waals surface area contributed by atoms with Crippen molar-refractivity contribution in [3.05, 3.63) is 96.3 Å². The molecule has 14 nitrogen and oxygen atoms in total. The van der Waals surface area contributed by atoms with Crippen LogP contribution in [0.15, 0.2) is 95.4 Å². The highest BCUT2D eigenvalue weighted by Crippen LogP contribution is 2.30. The Morgan fingerprint density at radius 3 is 1.15 bits per heavy atom. The van der Waals surface area contributed by atoms with Crippen LogP contribution in [-0.2, 0) is 0 Å². The normalized spacial score (nSPS) is 11.6. The molecule has 276 valence electrons. The third kappa shape index (κ3) is 12.3. The Hall–Kier alpha value is -5.54. The molecule has 0 aromatic heterocycles. The van der Waals surface area contributed by atoms with Gasteiger partial charge in [-0.05, 0) is 74.8 Å². The summed E-state index contributed by atoms with van der Waals surface area (Å²) in [5.74, 6) is 2.54. The maximum Gasteiger partial charge on any atom is 0.125 e. The Morgan fingerprint density at radius 1 is 0.500 bits per heavy atom. The number of anilines is 2. The van der Waals surface area contributed by atoms with Crippen LogP contribution in [0, 0.1) is 11.1 Å². The van der Waals surface area contributed by atoms with Crippen molar-refractivity contribution in [2.45, 2.75) is 25.7 Å². The zero-order valence-corrected chi connectivity index (χ0v) is 29.4. The van der Waals surface area contributed by atoms with E-state index in [4.69, 9.17) is 52.9 Å². The van der Waals surface area contributed by atoms with Crippen molar-refractivity contribution in [3.8, 4) is 23.0 Å². The zero-order valence-electron chi connectivity index (χ0n) is 29.4. The first-order valence-electron chi connectivity index (χ1n) is 17.3. The monoisotopic (exact) mass is 710 g/mol. The minimum Gasteiger partial charge on any atom is -0.493 e. The van der Waals surface area contributed by atoms with Crippen molar-refractivity contribution in [1.82, 2.24) is 0 Å². The molecule has 0 amide bonds. The predicted molar refractivity (Wildman–Crippen MR) is 207 cm³/mol. The van der Waals surface area contributed by atoms with Crippen LogP contribution in [0.4, 0.5) is 11.4 Å². The van der Waals surface area contributed by atoms with Gasteiger partial charge in [-0.3, -0.25) is 0 Å². The summed E-state index contributed by atoms with van der Waals surface area (Å²) in [5, 5.41) is 15.9. The Labute approximate surface area is 304 Å². The second kappa shape index (κ2) is 21.6. The molecule has 4 aromatic rings. The molecule has 0 heterocycles. The molecule has 0 atom stereocenters. The lowest BCUT2D eigenvalue weighted by Crippen LogP contribution is -2.07. The lowest BCUT2D eigenvalue weighted by molar-refractivity contribution is 0.298. The maximum absolute atomic E-state index is 7.94. The molecule has 4 aromatic carbocycles. The first-order chi connectivity index (χ1) is 25.5. The summed E-state index contributed by atoms with van der Waals surface area (Å²) in [6.45, 7) is 4.04. The number of rotatable bonds is 24. The minimum absolute atomic E-state index is 0.410. The van der Waals surface area contributed by atoms with Gasteiger partial charge in [-0.15, -0.1) is 0 Å². The van der Waals surface area contributed by atoms with Crippen molar-refractivity contribution >= 4 is 33.5 Å². The van der Waals surface area contributed by atoms with E-state index >= 15 is 0 Å². The molecule has 52 heavy (non-hydrogen) atoms. The van der Waals surface area contributed by atoms with E-state index < -0.39 is 0 Å². The van der Waals surface area contributed by atoms with Crippen LogP contribution in [-0.4, -0.2) is 52.6 Å². The van der Waals surface area contributed by atoms with E-state index in [0.717, 1.165) is 47.6 Å². The van der Waals surface area contributed by atoms with Gasteiger partial charge >= 0.3 is 0 Å². The highest BCUT2D eigenvalue weighted by atomic mass is 16.5. The van der Waals surface area contributed by atoms with Gasteiger partial charge in [-0.1, -0.05) is 24.3 Å². The first-order valence-corrected chi connectivity index (χ1v) is 17.3. The first kappa shape index (κ1) is 39.2. The van der Waals surface area contributed by atoms with Gasteiger partial charge < -0.3 is 52.5 Å². The zero-order chi connectivity index (χ0) is 37.0. The topological polar surface area (TPSA) is 237 Å². The Kier molecular flexibility index (Phi) is 16.3. The Morgan fingerprint density at radius 2 is 0.846 bits per heavy atom. The number of benzene rings is 4. The van der Waals surface area contributed by atoms with Crippen molar-refractivity contribution < 1.29 is 18.9 Å². The predicted octanol–water partition coefficient (Wildman–Crippen LogP) is 6.63. The van der Waals surface area contributed by atoms with Crippen LogP contribution in [0.3, 0.4) is 0 Å². The third-order valence-corrected chi connectivity index (χ3v) is 7.65. The van der Waals surface area contributed by atoms with Gasteiger partial charge in [-0.25, -0.2) is 11.1 Å². The summed E-state index contributed by atoms with van der Waals surface area (Å²) in [7, 11) is 0. The number of nitrogens with zero attached hydrogens (tertiary/aromatic N) is 2. The average Bonchev–Trinajstić information content (AvgIpc) is 3.15. The fourth-order valence-electron chi connectivity index (χ4n) is 4.97. The molecule has 0 radical (unpaired) electrons. The molecule has 0 aliphatic heterocycles. The van der Waals surface area contributed by atoms with E-state index in [1.54, 1.807) is 12.4 Å². The highest BCUT2D eigenvalue weighted by molar-refractivity contribution is 5.89. The Balaban J connectivity index is 1.56. The van der Waals surface area contributed by atoms with Crippen molar-refractivity contribution in [3.63, 3.8) is 0 Å². The molecule has 14 heteroatoms. The molecule has 0 spiro atoms. The second-order valence-electron chi connectivity index (χ2n) is 11.7. The van der Waals surface area contributed by atoms with Gasteiger partial charge in [0.25, 0.3) is 0 Å². The molecular formula is C38H50N10O4. The summed E-state index contributed by atoms with van der Waals surface area (Å²) >= 11 is 0. The SMILES string of the molecule is N=N/C(=C\Nc1cc(OCCCN)cc(OCCCN)c1)c1ccc2ccc(/C(=C/Nc3cc(OCCCN)cc(OCCCN)c3)N=N)cc2c1. The molecule has 0 aliphatic rings. The molecular weight excluding hydrogens is 660 g/mol. The van der Waals surface area contributed by atoms with E-state index in [1.807, 2.05) is 72.8 Å². The maximum atomic E-state index is 7.94. The summed E-state index contributed by atoms with van der Waals surface area (Å²) in [5.41, 5.74) is 42.1. The third-order valence-electron chi connectivity index (χ3n) is 7.65. The number of fused-ring (bicyclic) bond motifs is 1. The van der Waals surface area contributed by atoms with Gasteiger partial charge in [0.2, 0.25) is 0 Å². The molecule has 0 bridgehead atoms. The highest BCUT2D eigenvalue weighted by Gasteiger charge is 2.09. The molecule has 0 aliphatic carbocycles. The number of nitrogens with two attached hydrogens (primary N) is 4. The van der Waals surface area contributed by atoms with Crippen LogP contribution >= 0.6 is 0 Å². The van der Waals surface area contributed by atoms with Crippen LogP contribution in [0.2, 0.25) is 0 Å². The largest absolute Gasteiger partial charge is 0.493 e. The van der Waals surface area contributed by atoms with Gasteiger partial charge in [0.05, 0.1) is 26.4 Å². The minimum atomic E-state index is 0.410. The van der Waals surface area contributed by atoms with E-state index in [1.165, 1.54) is 0 Å². The van der Waals surface area contributed by atoms with Gasteiger partial charge in [0.1, 0.15) is 34.4 Å². The fourth-order valence-corrected chi connectivity index (χ4v) is 4.97. The van der Waals surface area contributed by atoms with E-state index in [9.17, 15) is 0 Å². The van der Waals surface area contributed by atoms with E-state index in [0.29, 0.717) is 98.4 Å². The smallest absolute Gasteiger partial charge is 0.125 e. The van der Waals surface area contributed by atoms with Gasteiger partial charge in [-0.2, -0.15) is 10.2 Å². The van der Waals surface area contributed by atoms with Crippen molar-refractivity contribution in [2.24, 2.45) is 33.2 Å². The molecule has 4 rings (SSSR count). The van der Waals surface area contributed by atoms with Gasteiger partial charge in [0, 0.05) is 71.3 Å². The number of nitrogens with one attached hydrogen (secondary N) is 4. The lowest BCUT2D eigenvalue weighted by Gasteiger charge is -2.13. The summed E-state index contributed by atoms with van der Waals surface area (Å²) in [6.07, 6.45) is 6.22. The summed E-state index contributed by atoms with van der Waals surface area (Å²) in [4.78, 5) is 0. The van der Waals surface area contributed by atoms with Crippen molar-refractivity contribution in [2.75, 3.05) is 63.2 Å². The summed E-state index contributed by atoms with van der Waals surface area (Å²) in [6, 6.07) is 22.7. The second-order valence-corrected chi connectivity index (χ2v) is 11.7. The van der Waals surface area contributed by atoms with Crippen LogP contribution in [0.1, 0.15) is 36.8 Å². The standard InChI is InChI=1S/C38H50N10O4/c39-9-1-13-49-33-19-31(20-34(23-33)50-14-2-10-40)45-25-37(47-43)28-7-5-27-6-8-29(18-30(27)17-28)38(48-44)26-46-32-21-35(51-15-3-11-41)24-36(22-32)52-16-4-12-42/h5-8,17-26,43-46H,1-4,9-16,39-42H2/b37-25-,38-26-,47-43?,48-44?. The number of hydrogen-bond acceptors (Lipinski definition) is 14.